The number of hydrogen-bond donors (Lipinski definition) is 0. The van der Waals surface area contributed by atoms with Crippen molar-refractivity contribution in [2.75, 3.05) is 0 Å². The summed E-state index contributed by atoms with van der Waals surface area (Å²) in [6.07, 6.45) is 4.83. The first-order chi connectivity index (χ1) is 5.52. The van der Waals surface area contributed by atoms with Crippen LogP contribution in [-0.2, 0) is 4.79 Å². The van der Waals surface area contributed by atoms with Gasteiger partial charge in [-0.1, -0.05) is 12.5 Å². The Hall–Kier alpha value is -0.590. The Labute approximate surface area is 74.9 Å². The molecule has 1 nitrogen and oxygen atoms in total. The Morgan fingerprint density at radius 2 is 2.33 bits per heavy atom. The Kier molecular flexibility index (Phi) is 2.71. The van der Waals surface area contributed by atoms with E-state index in [4.69, 9.17) is 0 Å². The molecule has 0 heterocycles. The van der Waals surface area contributed by atoms with E-state index >= 15 is 0 Å². The first-order valence-electron chi connectivity index (χ1n) is 4.68. The van der Waals surface area contributed by atoms with Crippen LogP contribution in [0.2, 0.25) is 0 Å². The SMILES string of the molecule is C=C(C)CC1(C)CCCC(=O)C1. The molecule has 1 unspecified atom stereocenters. The van der Waals surface area contributed by atoms with Crippen LogP contribution in [0.4, 0.5) is 0 Å². The van der Waals surface area contributed by atoms with Gasteiger partial charge in [0.1, 0.15) is 5.78 Å². The third kappa shape index (κ3) is 2.47. The Balaban J connectivity index is 2.57. The predicted octanol–water partition coefficient (Wildman–Crippen LogP) is 3.10. The van der Waals surface area contributed by atoms with Crippen molar-refractivity contribution in [2.24, 2.45) is 5.41 Å². The largest absolute Gasteiger partial charge is 0.300 e. The second kappa shape index (κ2) is 3.42. The molecule has 1 rings (SSSR count). The Bertz CT molecular complexity index is 201. The van der Waals surface area contributed by atoms with E-state index in [0.29, 0.717) is 5.78 Å². The van der Waals surface area contributed by atoms with E-state index in [-0.39, 0.29) is 5.41 Å². The Morgan fingerprint density at radius 1 is 1.67 bits per heavy atom. The van der Waals surface area contributed by atoms with Crippen LogP contribution in [0.25, 0.3) is 0 Å². The van der Waals surface area contributed by atoms with Crippen LogP contribution in [0.3, 0.4) is 0 Å². The molecule has 0 aromatic carbocycles. The fourth-order valence-corrected chi connectivity index (χ4v) is 2.24. The van der Waals surface area contributed by atoms with Crippen LogP contribution in [-0.4, -0.2) is 5.78 Å². The van der Waals surface area contributed by atoms with Crippen molar-refractivity contribution < 1.29 is 4.79 Å². The average Bonchev–Trinajstić information content (AvgIpc) is 1.82. The quantitative estimate of drug-likeness (QED) is 0.576. The van der Waals surface area contributed by atoms with Gasteiger partial charge in [-0.25, -0.2) is 0 Å². The highest BCUT2D eigenvalue weighted by Gasteiger charge is 2.30. The highest BCUT2D eigenvalue weighted by atomic mass is 16.1. The molecule has 0 saturated heterocycles. The summed E-state index contributed by atoms with van der Waals surface area (Å²) in [5.41, 5.74) is 1.42. The zero-order chi connectivity index (χ0) is 9.19. The van der Waals surface area contributed by atoms with Gasteiger partial charge in [-0.15, -0.1) is 6.58 Å². The maximum absolute atomic E-state index is 11.2. The zero-order valence-electron chi connectivity index (χ0n) is 8.15. The van der Waals surface area contributed by atoms with Gasteiger partial charge < -0.3 is 0 Å². The van der Waals surface area contributed by atoms with E-state index in [2.05, 4.69) is 13.5 Å². The summed E-state index contributed by atoms with van der Waals surface area (Å²) in [6, 6.07) is 0. The van der Waals surface area contributed by atoms with Gasteiger partial charge in [0.2, 0.25) is 0 Å². The molecule has 0 radical (unpaired) electrons. The number of carbonyl (C=O) groups is 1. The van der Waals surface area contributed by atoms with Crippen LogP contribution >= 0.6 is 0 Å². The summed E-state index contributed by atoms with van der Waals surface area (Å²) in [6.45, 7) is 8.16. The minimum absolute atomic E-state index is 0.223. The zero-order valence-corrected chi connectivity index (χ0v) is 8.15. The van der Waals surface area contributed by atoms with E-state index in [1.54, 1.807) is 0 Å². The molecule has 1 fully saturated rings. The fraction of sp³-hybridized carbons (Fsp3) is 0.727. The van der Waals surface area contributed by atoms with Crippen LogP contribution < -0.4 is 0 Å². The summed E-state index contributed by atoms with van der Waals surface area (Å²) in [5, 5.41) is 0. The topological polar surface area (TPSA) is 17.1 Å². The van der Waals surface area contributed by atoms with Crippen LogP contribution in [0, 0.1) is 5.41 Å². The van der Waals surface area contributed by atoms with Crippen LogP contribution in [0.15, 0.2) is 12.2 Å². The molecule has 68 valence electrons. The molecule has 1 heteroatoms. The maximum atomic E-state index is 11.2. The van der Waals surface area contributed by atoms with E-state index in [1.165, 1.54) is 12.0 Å². The molecule has 0 amide bonds. The highest BCUT2D eigenvalue weighted by Crippen LogP contribution is 2.38. The lowest BCUT2D eigenvalue weighted by molar-refractivity contribution is -0.123. The molecule has 1 atom stereocenters. The van der Waals surface area contributed by atoms with Crippen LogP contribution in [0.5, 0.6) is 0 Å². The van der Waals surface area contributed by atoms with Gasteiger partial charge in [0, 0.05) is 12.8 Å². The smallest absolute Gasteiger partial charge is 0.133 e. The molecule has 0 aromatic heterocycles. The lowest BCUT2D eigenvalue weighted by atomic mass is 9.72. The van der Waals surface area contributed by atoms with E-state index < -0.39 is 0 Å². The second-order valence-electron chi connectivity index (χ2n) is 4.51. The predicted molar refractivity (Wildman–Crippen MR) is 51.0 cm³/mol. The molecular weight excluding hydrogens is 148 g/mol. The van der Waals surface area contributed by atoms with Gasteiger partial charge in [-0.2, -0.15) is 0 Å². The molecule has 0 bridgehead atoms. The number of ketones is 1. The molecule has 1 aliphatic rings. The minimum atomic E-state index is 0.223. The molecule has 0 spiro atoms. The third-order valence-corrected chi connectivity index (χ3v) is 2.59. The monoisotopic (exact) mass is 166 g/mol. The van der Waals surface area contributed by atoms with Crippen molar-refractivity contribution >= 4 is 5.78 Å². The van der Waals surface area contributed by atoms with Crippen molar-refractivity contribution in [1.82, 2.24) is 0 Å². The number of Topliss-reactive ketones (excluding diaryl/α,β-unsaturated/α-hetero) is 1. The second-order valence-corrected chi connectivity index (χ2v) is 4.51. The van der Waals surface area contributed by atoms with Gasteiger partial charge in [0.25, 0.3) is 0 Å². The van der Waals surface area contributed by atoms with Crippen LogP contribution in [0.1, 0.15) is 46.0 Å². The van der Waals surface area contributed by atoms with Gasteiger partial charge in [0.05, 0.1) is 0 Å². The van der Waals surface area contributed by atoms with Gasteiger partial charge in [0.15, 0.2) is 0 Å². The third-order valence-electron chi connectivity index (χ3n) is 2.59. The van der Waals surface area contributed by atoms with E-state index in [9.17, 15) is 4.79 Å². The van der Waals surface area contributed by atoms with Crippen molar-refractivity contribution in [3.05, 3.63) is 12.2 Å². The molecule has 0 aliphatic heterocycles. The first-order valence-corrected chi connectivity index (χ1v) is 4.68. The highest BCUT2D eigenvalue weighted by molar-refractivity contribution is 5.79. The molecule has 1 saturated carbocycles. The number of allylic oxidation sites excluding steroid dienone is 1. The van der Waals surface area contributed by atoms with E-state index in [1.807, 2.05) is 6.92 Å². The fourth-order valence-electron chi connectivity index (χ4n) is 2.24. The summed E-state index contributed by atoms with van der Waals surface area (Å²) < 4.78 is 0. The molecule has 0 N–H and O–H groups in total. The summed E-state index contributed by atoms with van der Waals surface area (Å²) in [4.78, 5) is 11.2. The number of hydrogen-bond acceptors (Lipinski definition) is 1. The van der Waals surface area contributed by atoms with Gasteiger partial charge in [-0.05, 0) is 31.6 Å². The Morgan fingerprint density at radius 3 is 2.83 bits per heavy atom. The number of carbonyl (C=O) groups excluding carboxylic acids is 1. The van der Waals surface area contributed by atoms with Gasteiger partial charge >= 0.3 is 0 Å². The lowest BCUT2D eigenvalue weighted by Crippen LogP contribution is -2.25. The van der Waals surface area contributed by atoms with Crippen molar-refractivity contribution in [3.63, 3.8) is 0 Å². The van der Waals surface area contributed by atoms with Crippen molar-refractivity contribution in [2.45, 2.75) is 46.0 Å². The molecule has 0 aromatic rings. The van der Waals surface area contributed by atoms with E-state index in [0.717, 1.165) is 25.7 Å². The van der Waals surface area contributed by atoms with Crippen molar-refractivity contribution in [1.29, 1.82) is 0 Å². The average molecular weight is 166 g/mol. The first kappa shape index (κ1) is 9.50. The minimum Gasteiger partial charge on any atom is -0.300 e. The van der Waals surface area contributed by atoms with Gasteiger partial charge in [-0.3, -0.25) is 4.79 Å². The summed E-state index contributed by atoms with van der Waals surface area (Å²) >= 11 is 0. The maximum Gasteiger partial charge on any atom is 0.133 e. The normalized spacial score (nSPS) is 30.3. The summed E-state index contributed by atoms with van der Waals surface area (Å²) in [7, 11) is 0. The molecule has 1 aliphatic carbocycles. The number of rotatable bonds is 2. The van der Waals surface area contributed by atoms with Crippen molar-refractivity contribution in [3.8, 4) is 0 Å². The summed E-state index contributed by atoms with van der Waals surface area (Å²) in [5.74, 6) is 0.435. The lowest BCUT2D eigenvalue weighted by Gasteiger charge is -2.32. The standard InChI is InChI=1S/C11H18O/c1-9(2)7-11(3)6-4-5-10(12)8-11/h1,4-8H2,2-3H3. The molecular formula is C11H18O. The molecule has 12 heavy (non-hydrogen) atoms.